The number of nitrogens with zero attached hydrogens (tertiary/aromatic N) is 4. The number of fused-ring (bicyclic) bond motifs is 3. The fourth-order valence-electron chi connectivity index (χ4n) is 4.72. The first-order chi connectivity index (χ1) is 13.2. The zero-order valence-corrected chi connectivity index (χ0v) is 16.7. The van der Waals surface area contributed by atoms with Crippen molar-refractivity contribution in [3.63, 3.8) is 0 Å². The van der Waals surface area contributed by atoms with Crippen LogP contribution < -0.4 is 4.90 Å². The molecule has 0 bridgehead atoms. The summed E-state index contributed by atoms with van der Waals surface area (Å²) >= 11 is 1.84. The number of rotatable bonds is 2. The molecule has 144 valence electrons. The minimum Gasteiger partial charge on any atom is -0.378 e. The number of piperidine rings is 1. The van der Waals surface area contributed by atoms with Crippen LogP contribution in [-0.2, 0) is 22.4 Å². The Hall–Kier alpha value is -1.73. The Kier molecular flexibility index (Phi) is 4.52. The van der Waals surface area contributed by atoms with Gasteiger partial charge in [0.1, 0.15) is 16.5 Å². The number of amides is 1. The molecule has 0 aromatic carbocycles. The molecule has 4 heterocycles. The van der Waals surface area contributed by atoms with Gasteiger partial charge in [0.2, 0.25) is 5.91 Å². The Morgan fingerprint density at radius 2 is 2.00 bits per heavy atom. The smallest absolute Gasteiger partial charge is 0.227 e. The van der Waals surface area contributed by atoms with E-state index in [1.807, 2.05) is 23.2 Å². The van der Waals surface area contributed by atoms with E-state index in [-0.39, 0.29) is 5.92 Å². The maximum atomic E-state index is 13.0. The third-order valence-electron chi connectivity index (χ3n) is 6.05. The van der Waals surface area contributed by atoms with E-state index in [1.54, 1.807) is 0 Å². The molecule has 7 heteroatoms. The molecule has 2 fully saturated rings. The highest BCUT2D eigenvalue weighted by molar-refractivity contribution is 7.19. The van der Waals surface area contributed by atoms with E-state index in [9.17, 15) is 4.79 Å². The fourth-order valence-corrected chi connectivity index (χ4v) is 6.02. The summed E-state index contributed by atoms with van der Waals surface area (Å²) in [6.45, 7) is 6.50. The zero-order chi connectivity index (χ0) is 18.4. The van der Waals surface area contributed by atoms with Crippen LogP contribution in [0, 0.1) is 12.8 Å². The summed E-state index contributed by atoms with van der Waals surface area (Å²) in [6, 6.07) is 0. The van der Waals surface area contributed by atoms with E-state index in [0.29, 0.717) is 19.1 Å². The Labute approximate surface area is 163 Å². The highest BCUT2D eigenvalue weighted by Crippen LogP contribution is 2.41. The Balaban J connectivity index is 1.45. The minimum absolute atomic E-state index is 0.0638. The lowest BCUT2D eigenvalue weighted by Crippen LogP contribution is -2.48. The monoisotopic (exact) mass is 386 g/mol. The molecule has 27 heavy (non-hydrogen) atoms. The van der Waals surface area contributed by atoms with Crippen molar-refractivity contribution in [3.05, 3.63) is 16.3 Å². The summed E-state index contributed by atoms with van der Waals surface area (Å²) in [4.78, 5) is 29.5. The molecule has 2 saturated heterocycles. The van der Waals surface area contributed by atoms with Crippen molar-refractivity contribution in [2.24, 2.45) is 5.92 Å². The number of ether oxygens (including phenoxy) is 1. The van der Waals surface area contributed by atoms with Gasteiger partial charge >= 0.3 is 0 Å². The third-order valence-corrected chi connectivity index (χ3v) is 7.24. The van der Waals surface area contributed by atoms with Crippen molar-refractivity contribution in [2.75, 3.05) is 44.3 Å². The van der Waals surface area contributed by atoms with Gasteiger partial charge in [-0.2, -0.15) is 0 Å². The quantitative estimate of drug-likeness (QED) is 0.794. The number of hydrogen-bond donors (Lipinski definition) is 0. The van der Waals surface area contributed by atoms with Gasteiger partial charge < -0.3 is 14.5 Å². The number of carbonyl (C=O) groups is 1. The summed E-state index contributed by atoms with van der Waals surface area (Å²) in [7, 11) is 0. The number of morpholine rings is 1. The van der Waals surface area contributed by atoms with Gasteiger partial charge in [0.05, 0.1) is 24.5 Å². The molecule has 5 rings (SSSR count). The summed E-state index contributed by atoms with van der Waals surface area (Å²) in [6.07, 6.45) is 5.56. The van der Waals surface area contributed by atoms with E-state index in [0.717, 1.165) is 61.9 Å². The second-order valence-corrected chi connectivity index (χ2v) is 8.94. The maximum absolute atomic E-state index is 13.0. The van der Waals surface area contributed by atoms with Gasteiger partial charge in [-0.05, 0) is 44.6 Å². The van der Waals surface area contributed by atoms with Gasteiger partial charge in [-0.25, -0.2) is 9.97 Å². The lowest BCUT2D eigenvalue weighted by Gasteiger charge is -2.37. The molecule has 2 aromatic heterocycles. The molecule has 6 nitrogen and oxygen atoms in total. The molecule has 1 amide bonds. The standard InChI is InChI=1S/C20H26N4O2S/c1-13-21-18(17-15-5-2-6-16(15)27-19(17)22-13)24-7-3-4-14(12-24)20(25)23-8-10-26-11-9-23/h14H,2-12H2,1H3/t14-/m1/s1. The van der Waals surface area contributed by atoms with Gasteiger partial charge in [0.15, 0.2) is 0 Å². The molecule has 0 saturated carbocycles. The average molecular weight is 387 g/mol. The summed E-state index contributed by atoms with van der Waals surface area (Å²) in [5, 5.41) is 1.26. The van der Waals surface area contributed by atoms with E-state index >= 15 is 0 Å². The number of aryl methyl sites for hydroxylation is 3. The van der Waals surface area contributed by atoms with Crippen molar-refractivity contribution in [1.29, 1.82) is 0 Å². The van der Waals surface area contributed by atoms with Crippen LogP contribution in [0.1, 0.15) is 35.5 Å². The van der Waals surface area contributed by atoms with Gasteiger partial charge in [-0.1, -0.05) is 0 Å². The molecular weight excluding hydrogens is 360 g/mol. The number of aromatic nitrogens is 2. The second-order valence-electron chi connectivity index (χ2n) is 7.85. The SMILES string of the molecule is Cc1nc(N2CCC[C@@H](C(=O)N3CCOCC3)C2)c2c3c(sc2n1)CCC3. The molecule has 0 unspecified atom stereocenters. The van der Waals surface area contributed by atoms with Crippen LogP contribution in [0.2, 0.25) is 0 Å². The fraction of sp³-hybridized carbons (Fsp3) is 0.650. The van der Waals surface area contributed by atoms with Gasteiger partial charge in [-0.15, -0.1) is 11.3 Å². The summed E-state index contributed by atoms with van der Waals surface area (Å²) < 4.78 is 5.40. The van der Waals surface area contributed by atoms with E-state index in [4.69, 9.17) is 14.7 Å². The average Bonchev–Trinajstić information content (AvgIpc) is 3.28. The lowest BCUT2D eigenvalue weighted by atomic mass is 9.96. The Morgan fingerprint density at radius 1 is 1.15 bits per heavy atom. The van der Waals surface area contributed by atoms with Crippen LogP contribution in [0.4, 0.5) is 5.82 Å². The molecule has 2 aromatic rings. The highest BCUT2D eigenvalue weighted by Gasteiger charge is 2.32. The van der Waals surface area contributed by atoms with Crippen molar-refractivity contribution >= 4 is 33.3 Å². The summed E-state index contributed by atoms with van der Waals surface area (Å²) in [5.74, 6) is 2.25. The number of hydrogen-bond acceptors (Lipinski definition) is 6. The van der Waals surface area contributed by atoms with Gasteiger partial charge in [0, 0.05) is 31.1 Å². The van der Waals surface area contributed by atoms with Gasteiger partial charge in [0.25, 0.3) is 0 Å². The highest BCUT2D eigenvalue weighted by atomic mass is 32.1. The minimum atomic E-state index is 0.0638. The first-order valence-corrected chi connectivity index (χ1v) is 10.9. The van der Waals surface area contributed by atoms with E-state index < -0.39 is 0 Å². The first-order valence-electron chi connectivity index (χ1n) is 10.1. The maximum Gasteiger partial charge on any atom is 0.227 e. The van der Waals surface area contributed by atoms with Crippen molar-refractivity contribution in [1.82, 2.24) is 14.9 Å². The molecule has 0 radical (unpaired) electrons. The number of thiophene rings is 1. The Bertz CT molecular complexity index is 874. The van der Waals surface area contributed by atoms with Crippen LogP contribution in [0.15, 0.2) is 0 Å². The van der Waals surface area contributed by atoms with Crippen LogP contribution in [0.5, 0.6) is 0 Å². The molecule has 3 aliphatic rings. The van der Waals surface area contributed by atoms with E-state index in [1.165, 1.54) is 28.7 Å². The number of carbonyl (C=O) groups excluding carboxylic acids is 1. The molecule has 0 N–H and O–H groups in total. The second kappa shape index (κ2) is 7.02. The topological polar surface area (TPSA) is 58.6 Å². The van der Waals surface area contributed by atoms with Crippen LogP contribution in [-0.4, -0.2) is 60.2 Å². The molecule has 0 spiro atoms. The zero-order valence-electron chi connectivity index (χ0n) is 15.9. The summed E-state index contributed by atoms with van der Waals surface area (Å²) in [5.41, 5.74) is 1.46. The van der Waals surface area contributed by atoms with Crippen LogP contribution in [0.25, 0.3) is 10.2 Å². The normalized spacial score (nSPS) is 23.1. The van der Waals surface area contributed by atoms with Crippen molar-refractivity contribution in [3.8, 4) is 0 Å². The van der Waals surface area contributed by atoms with Crippen LogP contribution in [0.3, 0.4) is 0 Å². The molecule has 1 atom stereocenters. The third kappa shape index (κ3) is 3.10. The van der Waals surface area contributed by atoms with E-state index in [2.05, 4.69) is 4.90 Å². The lowest BCUT2D eigenvalue weighted by molar-refractivity contribution is -0.139. The molecule has 2 aliphatic heterocycles. The van der Waals surface area contributed by atoms with Crippen LogP contribution >= 0.6 is 11.3 Å². The predicted molar refractivity (Wildman–Crippen MR) is 107 cm³/mol. The first kappa shape index (κ1) is 17.4. The van der Waals surface area contributed by atoms with Gasteiger partial charge in [-0.3, -0.25) is 4.79 Å². The van der Waals surface area contributed by atoms with Crippen molar-refractivity contribution < 1.29 is 9.53 Å². The largest absolute Gasteiger partial charge is 0.378 e. The number of anilines is 1. The predicted octanol–water partition coefficient (Wildman–Crippen LogP) is 2.56. The van der Waals surface area contributed by atoms with Crippen molar-refractivity contribution in [2.45, 2.75) is 39.0 Å². The molecular formula is C20H26N4O2S. The Morgan fingerprint density at radius 3 is 2.85 bits per heavy atom. The molecule has 1 aliphatic carbocycles.